The van der Waals surface area contributed by atoms with Gasteiger partial charge < -0.3 is 10.3 Å². The number of hydrogen-bond acceptors (Lipinski definition) is 5. The van der Waals surface area contributed by atoms with Crippen LogP contribution in [0.4, 0.5) is 0 Å². The van der Waals surface area contributed by atoms with Crippen LogP contribution >= 0.6 is 0 Å². The second-order valence-corrected chi connectivity index (χ2v) is 5.76. The molecule has 0 aliphatic rings. The number of aromatic nitrogens is 4. The van der Waals surface area contributed by atoms with Gasteiger partial charge in [-0.25, -0.2) is 4.98 Å². The SMILES string of the molecule is Cc1[nH]c(=O)c(C#N)c(C)c1CCC(=O)N[C@H](C)Cn1cncn1. The van der Waals surface area contributed by atoms with E-state index in [0.717, 1.165) is 5.56 Å². The highest BCUT2D eigenvalue weighted by Crippen LogP contribution is 2.14. The second kappa shape index (κ2) is 7.55. The van der Waals surface area contributed by atoms with Crippen molar-refractivity contribution in [2.45, 2.75) is 46.2 Å². The average Bonchev–Trinajstić information content (AvgIpc) is 2.99. The lowest BCUT2D eigenvalue weighted by Gasteiger charge is -2.15. The van der Waals surface area contributed by atoms with Gasteiger partial charge in [0.1, 0.15) is 24.3 Å². The van der Waals surface area contributed by atoms with Gasteiger partial charge in [0.05, 0.1) is 6.54 Å². The van der Waals surface area contributed by atoms with Crippen LogP contribution in [0.3, 0.4) is 0 Å². The standard InChI is InChI=1S/C16H20N6O2/c1-10(7-22-9-18-8-19-22)20-15(23)5-4-13-11(2)14(6-17)16(24)21-12(13)3/h8-10H,4-5,7H2,1-3H3,(H,20,23)(H,21,24)/t10-/m1/s1. The maximum Gasteiger partial charge on any atom is 0.266 e. The third-order valence-corrected chi connectivity index (χ3v) is 3.86. The van der Waals surface area contributed by atoms with E-state index >= 15 is 0 Å². The molecule has 0 unspecified atom stereocenters. The van der Waals surface area contributed by atoms with Gasteiger partial charge in [0.2, 0.25) is 5.91 Å². The zero-order valence-corrected chi connectivity index (χ0v) is 14.0. The van der Waals surface area contributed by atoms with Crippen molar-refractivity contribution in [2.24, 2.45) is 0 Å². The van der Waals surface area contributed by atoms with E-state index in [4.69, 9.17) is 5.26 Å². The van der Waals surface area contributed by atoms with Gasteiger partial charge in [-0.1, -0.05) is 0 Å². The van der Waals surface area contributed by atoms with Crippen LogP contribution < -0.4 is 10.9 Å². The van der Waals surface area contributed by atoms with Gasteiger partial charge in [0.15, 0.2) is 0 Å². The number of nitrogens with zero attached hydrogens (tertiary/aromatic N) is 4. The predicted octanol–water partition coefficient (Wildman–Crippen LogP) is 0.592. The van der Waals surface area contributed by atoms with E-state index in [0.29, 0.717) is 24.2 Å². The Morgan fingerprint density at radius 1 is 1.50 bits per heavy atom. The van der Waals surface area contributed by atoms with Crippen LogP contribution in [-0.4, -0.2) is 31.7 Å². The molecule has 2 aromatic heterocycles. The highest BCUT2D eigenvalue weighted by molar-refractivity contribution is 5.76. The molecule has 0 fully saturated rings. The minimum Gasteiger partial charge on any atom is -0.352 e. The lowest BCUT2D eigenvalue weighted by Crippen LogP contribution is -2.36. The van der Waals surface area contributed by atoms with Gasteiger partial charge in [-0.2, -0.15) is 10.4 Å². The topological polar surface area (TPSA) is 116 Å². The molecule has 0 saturated carbocycles. The van der Waals surface area contributed by atoms with Crippen molar-refractivity contribution < 1.29 is 4.79 Å². The number of nitriles is 1. The van der Waals surface area contributed by atoms with Crippen molar-refractivity contribution in [3.63, 3.8) is 0 Å². The van der Waals surface area contributed by atoms with E-state index < -0.39 is 0 Å². The first-order chi connectivity index (χ1) is 11.4. The molecular formula is C16H20N6O2. The fourth-order valence-corrected chi connectivity index (χ4v) is 2.66. The Bertz CT molecular complexity index is 816. The van der Waals surface area contributed by atoms with Crippen LogP contribution in [0.25, 0.3) is 0 Å². The van der Waals surface area contributed by atoms with Crippen molar-refractivity contribution >= 4 is 5.91 Å². The Balaban J connectivity index is 1.97. The summed E-state index contributed by atoms with van der Waals surface area (Å²) in [6.45, 7) is 5.95. The summed E-state index contributed by atoms with van der Waals surface area (Å²) < 4.78 is 1.65. The van der Waals surface area contributed by atoms with Crippen molar-refractivity contribution in [2.75, 3.05) is 0 Å². The third-order valence-electron chi connectivity index (χ3n) is 3.86. The van der Waals surface area contributed by atoms with E-state index in [1.165, 1.54) is 6.33 Å². The first-order valence-corrected chi connectivity index (χ1v) is 7.66. The Kier molecular flexibility index (Phi) is 5.47. The quantitative estimate of drug-likeness (QED) is 0.805. The number of nitrogens with one attached hydrogen (secondary N) is 2. The van der Waals surface area contributed by atoms with Gasteiger partial charge in [0, 0.05) is 18.2 Å². The lowest BCUT2D eigenvalue weighted by atomic mass is 9.99. The molecule has 0 saturated heterocycles. The summed E-state index contributed by atoms with van der Waals surface area (Å²) in [5.41, 5.74) is 1.89. The van der Waals surface area contributed by atoms with Crippen LogP contribution in [0, 0.1) is 25.2 Å². The van der Waals surface area contributed by atoms with E-state index in [-0.39, 0.29) is 29.5 Å². The van der Waals surface area contributed by atoms with E-state index in [9.17, 15) is 9.59 Å². The zero-order chi connectivity index (χ0) is 17.7. The third kappa shape index (κ3) is 4.07. The highest BCUT2D eigenvalue weighted by atomic mass is 16.1. The minimum atomic E-state index is -0.387. The number of hydrogen-bond donors (Lipinski definition) is 2. The Labute approximate surface area is 139 Å². The smallest absolute Gasteiger partial charge is 0.266 e. The van der Waals surface area contributed by atoms with E-state index in [1.54, 1.807) is 24.9 Å². The van der Waals surface area contributed by atoms with Crippen LogP contribution in [0.1, 0.15) is 35.7 Å². The fraction of sp³-hybridized carbons (Fsp3) is 0.438. The maximum atomic E-state index is 12.1. The Morgan fingerprint density at radius 3 is 2.88 bits per heavy atom. The number of rotatable bonds is 6. The fourth-order valence-electron chi connectivity index (χ4n) is 2.66. The molecule has 8 heteroatoms. The molecule has 126 valence electrons. The minimum absolute atomic E-state index is 0.0772. The van der Waals surface area contributed by atoms with Crippen molar-refractivity contribution in [1.29, 1.82) is 5.26 Å². The summed E-state index contributed by atoms with van der Waals surface area (Å²) in [4.78, 5) is 30.3. The van der Waals surface area contributed by atoms with Crippen molar-refractivity contribution in [3.05, 3.63) is 45.4 Å². The summed E-state index contributed by atoms with van der Waals surface area (Å²) in [5, 5.41) is 16.0. The maximum absolute atomic E-state index is 12.1. The molecule has 0 aliphatic heterocycles. The molecule has 0 spiro atoms. The van der Waals surface area contributed by atoms with Gasteiger partial charge in [0.25, 0.3) is 5.56 Å². The molecule has 0 bridgehead atoms. The summed E-state index contributed by atoms with van der Waals surface area (Å²) in [7, 11) is 0. The molecule has 1 atom stereocenters. The zero-order valence-electron chi connectivity index (χ0n) is 14.0. The molecular weight excluding hydrogens is 308 g/mol. The molecule has 8 nitrogen and oxygen atoms in total. The van der Waals surface area contributed by atoms with Crippen LogP contribution in [0.15, 0.2) is 17.4 Å². The summed E-state index contributed by atoms with van der Waals surface area (Å²) >= 11 is 0. The number of amides is 1. The molecule has 0 radical (unpaired) electrons. The van der Waals surface area contributed by atoms with E-state index in [1.807, 2.05) is 13.0 Å². The van der Waals surface area contributed by atoms with Crippen LogP contribution in [0.2, 0.25) is 0 Å². The van der Waals surface area contributed by atoms with Crippen LogP contribution in [0.5, 0.6) is 0 Å². The highest BCUT2D eigenvalue weighted by Gasteiger charge is 2.14. The molecule has 24 heavy (non-hydrogen) atoms. The average molecular weight is 328 g/mol. The van der Waals surface area contributed by atoms with Crippen molar-refractivity contribution in [1.82, 2.24) is 25.1 Å². The lowest BCUT2D eigenvalue weighted by molar-refractivity contribution is -0.121. The number of carbonyl (C=O) groups excluding carboxylic acids is 1. The molecule has 2 rings (SSSR count). The Morgan fingerprint density at radius 2 is 2.25 bits per heavy atom. The predicted molar refractivity (Wildman–Crippen MR) is 87.2 cm³/mol. The number of H-pyrrole nitrogens is 1. The molecule has 2 N–H and O–H groups in total. The number of aryl methyl sites for hydroxylation is 1. The van der Waals surface area contributed by atoms with Gasteiger partial charge in [-0.05, 0) is 38.3 Å². The summed E-state index contributed by atoms with van der Waals surface area (Å²) in [6.07, 6.45) is 3.79. The normalized spacial score (nSPS) is 11.8. The van der Waals surface area contributed by atoms with Gasteiger partial charge in [-0.3, -0.25) is 14.3 Å². The largest absolute Gasteiger partial charge is 0.352 e. The van der Waals surface area contributed by atoms with E-state index in [2.05, 4.69) is 20.4 Å². The first kappa shape index (κ1) is 17.4. The van der Waals surface area contributed by atoms with Crippen LogP contribution in [-0.2, 0) is 17.8 Å². The molecule has 1 amide bonds. The van der Waals surface area contributed by atoms with Crippen molar-refractivity contribution in [3.8, 4) is 6.07 Å². The number of aromatic amines is 1. The second-order valence-electron chi connectivity index (χ2n) is 5.76. The first-order valence-electron chi connectivity index (χ1n) is 7.66. The molecule has 0 aliphatic carbocycles. The van der Waals surface area contributed by atoms with Gasteiger partial charge in [-0.15, -0.1) is 0 Å². The Hall–Kier alpha value is -2.95. The summed E-state index contributed by atoms with van der Waals surface area (Å²) in [6, 6.07) is 1.84. The molecule has 2 heterocycles. The molecule has 2 aromatic rings. The number of carbonyl (C=O) groups is 1. The molecule has 0 aromatic carbocycles. The summed E-state index contributed by atoms with van der Waals surface area (Å²) in [5.74, 6) is -0.0916. The number of pyridine rings is 1. The monoisotopic (exact) mass is 328 g/mol. The van der Waals surface area contributed by atoms with Gasteiger partial charge >= 0.3 is 0 Å².